The lowest BCUT2D eigenvalue weighted by Gasteiger charge is -2.20. The molecule has 28 heavy (non-hydrogen) atoms. The maximum atomic E-state index is 12.1. The first-order chi connectivity index (χ1) is 13.1. The fourth-order valence-electron chi connectivity index (χ4n) is 3.08. The van der Waals surface area contributed by atoms with Gasteiger partial charge in [-0.15, -0.1) is 0 Å². The Morgan fingerprint density at radius 1 is 1.07 bits per heavy atom. The van der Waals surface area contributed by atoms with E-state index in [1.807, 2.05) is 19.9 Å². The summed E-state index contributed by atoms with van der Waals surface area (Å²) in [5.74, 6) is 0.823. The molecule has 0 saturated heterocycles. The van der Waals surface area contributed by atoms with E-state index in [1.54, 1.807) is 0 Å². The van der Waals surface area contributed by atoms with E-state index in [0.717, 1.165) is 33.5 Å². The number of halogens is 1. The van der Waals surface area contributed by atoms with Gasteiger partial charge in [0.15, 0.2) is 0 Å². The van der Waals surface area contributed by atoms with Crippen LogP contribution in [-0.4, -0.2) is 19.2 Å². The highest BCUT2D eigenvalue weighted by Gasteiger charge is 2.15. The number of amides is 2. The summed E-state index contributed by atoms with van der Waals surface area (Å²) < 4.78 is 6.79. The molecule has 0 saturated carbocycles. The lowest BCUT2D eigenvalue weighted by atomic mass is 9.87. The molecule has 2 rings (SSSR count). The number of anilines is 1. The molecule has 2 aromatic carbocycles. The van der Waals surface area contributed by atoms with E-state index in [1.165, 1.54) is 11.1 Å². The monoisotopic (exact) mass is 446 g/mol. The van der Waals surface area contributed by atoms with E-state index in [9.17, 15) is 4.79 Å². The van der Waals surface area contributed by atoms with Gasteiger partial charge in [-0.25, -0.2) is 4.79 Å². The summed E-state index contributed by atoms with van der Waals surface area (Å²) >= 11 is 3.58. The zero-order valence-corrected chi connectivity index (χ0v) is 19.3. The van der Waals surface area contributed by atoms with Gasteiger partial charge in [0.25, 0.3) is 0 Å². The molecule has 152 valence electrons. The highest BCUT2D eigenvalue weighted by Crippen LogP contribution is 2.31. The number of carbonyl (C=O) groups excluding carboxylic acids is 1. The van der Waals surface area contributed by atoms with Gasteiger partial charge in [0.05, 0.1) is 11.1 Å². The molecule has 2 amide bonds. The average Bonchev–Trinajstić information content (AvgIpc) is 2.58. The van der Waals surface area contributed by atoms with Crippen molar-refractivity contribution >= 4 is 27.6 Å². The average molecular weight is 447 g/mol. The molecule has 2 N–H and O–H groups in total. The van der Waals surface area contributed by atoms with Crippen molar-refractivity contribution in [2.24, 2.45) is 0 Å². The van der Waals surface area contributed by atoms with E-state index in [-0.39, 0.29) is 11.4 Å². The van der Waals surface area contributed by atoms with Crippen LogP contribution in [0.1, 0.15) is 49.4 Å². The number of carbonyl (C=O) groups is 1. The number of urea groups is 1. The summed E-state index contributed by atoms with van der Waals surface area (Å²) in [6, 6.07) is 10.1. The van der Waals surface area contributed by atoms with Crippen LogP contribution < -0.4 is 15.4 Å². The van der Waals surface area contributed by atoms with E-state index in [0.29, 0.717) is 13.2 Å². The van der Waals surface area contributed by atoms with Crippen LogP contribution in [0, 0.1) is 20.8 Å². The maximum Gasteiger partial charge on any atom is 0.319 e. The van der Waals surface area contributed by atoms with Crippen LogP contribution in [0.5, 0.6) is 5.75 Å². The molecule has 0 fully saturated rings. The highest BCUT2D eigenvalue weighted by atomic mass is 79.9. The Morgan fingerprint density at radius 3 is 2.29 bits per heavy atom. The molecule has 0 aliphatic heterocycles. The largest absolute Gasteiger partial charge is 0.492 e. The molecule has 0 heterocycles. The number of aryl methyl sites for hydroxylation is 3. The second-order valence-electron chi connectivity index (χ2n) is 8.25. The summed E-state index contributed by atoms with van der Waals surface area (Å²) in [4.78, 5) is 12.1. The molecule has 0 aliphatic rings. The molecule has 0 aromatic heterocycles. The number of ether oxygens (including phenoxy) is 1. The number of nitrogens with one attached hydrogen (secondary N) is 2. The molecular weight excluding hydrogens is 416 g/mol. The number of benzene rings is 2. The Morgan fingerprint density at radius 2 is 1.71 bits per heavy atom. The zero-order chi connectivity index (χ0) is 20.9. The minimum atomic E-state index is -0.189. The van der Waals surface area contributed by atoms with Crippen molar-refractivity contribution in [1.82, 2.24) is 5.32 Å². The third-order valence-electron chi connectivity index (χ3n) is 4.58. The van der Waals surface area contributed by atoms with Crippen molar-refractivity contribution in [2.75, 3.05) is 18.5 Å². The van der Waals surface area contributed by atoms with Gasteiger partial charge in [-0.05, 0) is 77.4 Å². The van der Waals surface area contributed by atoms with Crippen LogP contribution in [-0.2, 0) is 5.41 Å². The molecular formula is C23H31BrN2O2. The summed E-state index contributed by atoms with van der Waals surface area (Å²) in [6.45, 7) is 13.7. The van der Waals surface area contributed by atoms with Crippen LogP contribution >= 0.6 is 15.9 Å². The molecule has 0 spiro atoms. The predicted molar refractivity (Wildman–Crippen MR) is 121 cm³/mol. The van der Waals surface area contributed by atoms with Gasteiger partial charge >= 0.3 is 6.03 Å². The Bertz CT molecular complexity index is 818. The van der Waals surface area contributed by atoms with Crippen LogP contribution in [0.4, 0.5) is 10.5 Å². The van der Waals surface area contributed by atoms with Crippen LogP contribution in [0.3, 0.4) is 0 Å². The lowest BCUT2D eigenvalue weighted by molar-refractivity contribution is 0.250. The maximum absolute atomic E-state index is 12.1. The molecule has 0 aliphatic carbocycles. The first kappa shape index (κ1) is 22.3. The lowest BCUT2D eigenvalue weighted by Crippen LogP contribution is -2.30. The van der Waals surface area contributed by atoms with E-state index >= 15 is 0 Å². The second kappa shape index (κ2) is 9.46. The van der Waals surface area contributed by atoms with E-state index in [4.69, 9.17) is 4.74 Å². The van der Waals surface area contributed by atoms with Gasteiger partial charge in [0, 0.05) is 12.2 Å². The first-order valence-corrected chi connectivity index (χ1v) is 10.4. The smallest absolute Gasteiger partial charge is 0.319 e. The summed E-state index contributed by atoms with van der Waals surface area (Å²) in [5, 5.41) is 5.83. The Balaban J connectivity index is 1.77. The fraction of sp³-hybridized carbons (Fsp3) is 0.435. The molecule has 0 radical (unpaired) electrons. The minimum Gasteiger partial charge on any atom is -0.492 e. The third-order valence-corrected chi connectivity index (χ3v) is 5.20. The van der Waals surface area contributed by atoms with Crippen LogP contribution in [0.25, 0.3) is 0 Å². The van der Waals surface area contributed by atoms with E-state index in [2.05, 4.69) is 78.5 Å². The van der Waals surface area contributed by atoms with Gasteiger partial charge in [-0.1, -0.05) is 44.5 Å². The summed E-state index contributed by atoms with van der Waals surface area (Å²) in [5.41, 5.74) is 5.57. The quantitative estimate of drug-likeness (QED) is 0.514. The van der Waals surface area contributed by atoms with Crippen molar-refractivity contribution in [3.63, 3.8) is 0 Å². The van der Waals surface area contributed by atoms with Gasteiger partial charge in [-0.2, -0.15) is 0 Å². The third kappa shape index (κ3) is 6.26. The SMILES string of the molecule is Cc1cc(C)c(NC(=O)NCCCOc2ccc(C(C)(C)C)cc2Br)c(C)c1. The topological polar surface area (TPSA) is 50.4 Å². The summed E-state index contributed by atoms with van der Waals surface area (Å²) in [6.07, 6.45) is 0.729. The number of hydrogen-bond acceptors (Lipinski definition) is 2. The number of rotatable bonds is 6. The van der Waals surface area contributed by atoms with Crippen molar-refractivity contribution in [2.45, 2.75) is 53.4 Å². The first-order valence-electron chi connectivity index (χ1n) is 9.63. The highest BCUT2D eigenvalue weighted by molar-refractivity contribution is 9.10. The predicted octanol–water partition coefficient (Wildman–Crippen LogP) is 6.26. The van der Waals surface area contributed by atoms with Crippen LogP contribution in [0.2, 0.25) is 0 Å². The van der Waals surface area contributed by atoms with Gasteiger partial charge < -0.3 is 15.4 Å². The normalized spacial score (nSPS) is 11.2. The summed E-state index contributed by atoms with van der Waals surface area (Å²) in [7, 11) is 0. The molecule has 0 atom stereocenters. The van der Waals surface area contributed by atoms with Crippen LogP contribution in [0.15, 0.2) is 34.8 Å². The molecule has 0 unspecified atom stereocenters. The van der Waals surface area contributed by atoms with Crippen molar-refractivity contribution < 1.29 is 9.53 Å². The minimum absolute atomic E-state index is 0.104. The molecule has 0 bridgehead atoms. The number of hydrogen-bond donors (Lipinski definition) is 2. The Labute approximate surface area is 177 Å². The van der Waals surface area contributed by atoms with Gasteiger partial charge in [0.2, 0.25) is 0 Å². The molecule has 4 nitrogen and oxygen atoms in total. The molecule has 2 aromatic rings. The van der Waals surface area contributed by atoms with Crippen molar-refractivity contribution in [3.05, 3.63) is 57.1 Å². The second-order valence-corrected chi connectivity index (χ2v) is 9.11. The fourth-order valence-corrected chi connectivity index (χ4v) is 3.57. The van der Waals surface area contributed by atoms with Crippen molar-refractivity contribution in [1.29, 1.82) is 0 Å². The van der Waals surface area contributed by atoms with Gasteiger partial charge in [-0.3, -0.25) is 0 Å². The Hall–Kier alpha value is -2.01. The van der Waals surface area contributed by atoms with E-state index < -0.39 is 0 Å². The van der Waals surface area contributed by atoms with Gasteiger partial charge in [0.1, 0.15) is 5.75 Å². The zero-order valence-electron chi connectivity index (χ0n) is 17.7. The standard InChI is InChI=1S/C23H31BrN2O2/c1-15-12-16(2)21(17(3)13-15)26-22(27)25-10-7-11-28-20-9-8-18(14-19(20)24)23(4,5)6/h8-9,12-14H,7,10-11H2,1-6H3,(H2,25,26,27). The van der Waals surface area contributed by atoms with Crippen molar-refractivity contribution in [3.8, 4) is 5.75 Å². The Kier molecular flexibility index (Phi) is 7.53. The molecule has 5 heteroatoms.